The maximum absolute atomic E-state index is 12.8. The topological polar surface area (TPSA) is 58.6 Å². The largest absolute Gasteiger partial charge is 0.481 e. The Labute approximate surface area is 192 Å². The number of hydrogen-bond acceptors (Lipinski definition) is 3. The molecule has 0 spiro atoms. The fraction of sp³-hybridized carbons (Fsp3) is 0.481. The van der Waals surface area contributed by atoms with Gasteiger partial charge in [-0.1, -0.05) is 63.2 Å². The van der Waals surface area contributed by atoms with Gasteiger partial charge in [0.15, 0.2) is 6.10 Å². The molecule has 1 saturated heterocycles. The van der Waals surface area contributed by atoms with Crippen molar-refractivity contribution in [3.8, 4) is 5.75 Å². The standard InChI is InChI=1S/C27H36N2O3/c1-20(32-24-13-11-22(12-14-24)27(2,3)4)26(31)29-18-16-23(17-19-29)28-25(30)15-10-21-8-6-5-7-9-21/h5-9,11-14,20,23H,10,15-19H2,1-4H3,(H,28,30). The molecule has 172 valence electrons. The van der Waals surface area contributed by atoms with Gasteiger partial charge in [-0.25, -0.2) is 0 Å². The molecule has 5 heteroatoms. The van der Waals surface area contributed by atoms with E-state index in [9.17, 15) is 9.59 Å². The molecular weight excluding hydrogens is 400 g/mol. The van der Waals surface area contributed by atoms with Gasteiger partial charge in [-0.05, 0) is 54.9 Å². The third-order valence-corrected chi connectivity index (χ3v) is 6.04. The van der Waals surface area contributed by atoms with Gasteiger partial charge in [-0.15, -0.1) is 0 Å². The minimum Gasteiger partial charge on any atom is -0.481 e. The van der Waals surface area contributed by atoms with Crippen molar-refractivity contribution in [2.24, 2.45) is 0 Å². The quantitative estimate of drug-likeness (QED) is 0.696. The van der Waals surface area contributed by atoms with E-state index in [0.717, 1.165) is 19.3 Å². The van der Waals surface area contributed by atoms with Gasteiger partial charge in [0.1, 0.15) is 5.75 Å². The Morgan fingerprint density at radius 3 is 2.25 bits per heavy atom. The molecule has 1 N–H and O–H groups in total. The van der Waals surface area contributed by atoms with E-state index in [1.807, 2.05) is 47.4 Å². The summed E-state index contributed by atoms with van der Waals surface area (Å²) < 4.78 is 5.90. The highest BCUT2D eigenvalue weighted by Crippen LogP contribution is 2.25. The molecule has 1 atom stereocenters. The third kappa shape index (κ3) is 6.84. The number of amides is 2. The molecule has 3 rings (SSSR count). The summed E-state index contributed by atoms with van der Waals surface area (Å²) in [5, 5.41) is 3.13. The van der Waals surface area contributed by atoms with Gasteiger partial charge in [0.25, 0.3) is 5.91 Å². The fourth-order valence-electron chi connectivity index (χ4n) is 3.99. The number of likely N-dealkylation sites (tertiary alicyclic amines) is 1. The summed E-state index contributed by atoms with van der Waals surface area (Å²) >= 11 is 0. The summed E-state index contributed by atoms with van der Waals surface area (Å²) in [6, 6.07) is 18.1. The summed E-state index contributed by atoms with van der Waals surface area (Å²) in [5.41, 5.74) is 2.49. The molecule has 5 nitrogen and oxygen atoms in total. The molecule has 1 fully saturated rings. The second kappa shape index (κ2) is 10.7. The van der Waals surface area contributed by atoms with Crippen LogP contribution < -0.4 is 10.1 Å². The smallest absolute Gasteiger partial charge is 0.263 e. The Kier molecular flexibility index (Phi) is 7.94. The van der Waals surface area contributed by atoms with Gasteiger partial charge >= 0.3 is 0 Å². The predicted octanol–water partition coefficient (Wildman–Crippen LogP) is 4.49. The van der Waals surface area contributed by atoms with E-state index in [-0.39, 0.29) is 23.3 Å². The van der Waals surface area contributed by atoms with Crippen LogP contribution >= 0.6 is 0 Å². The molecule has 2 aromatic rings. The van der Waals surface area contributed by atoms with Crippen LogP contribution in [0, 0.1) is 0 Å². The van der Waals surface area contributed by atoms with Gasteiger partial charge in [0.2, 0.25) is 5.91 Å². The molecule has 1 heterocycles. The van der Waals surface area contributed by atoms with Gasteiger partial charge in [-0.2, -0.15) is 0 Å². The minimum absolute atomic E-state index is 0.00116. The molecular formula is C27H36N2O3. The first-order valence-corrected chi connectivity index (χ1v) is 11.6. The van der Waals surface area contributed by atoms with Crippen molar-refractivity contribution < 1.29 is 14.3 Å². The van der Waals surface area contributed by atoms with E-state index in [0.29, 0.717) is 25.3 Å². The van der Waals surface area contributed by atoms with E-state index in [1.165, 1.54) is 11.1 Å². The number of hydrogen-bond donors (Lipinski definition) is 1. The number of aryl methyl sites for hydroxylation is 1. The van der Waals surface area contributed by atoms with Gasteiger partial charge in [0, 0.05) is 25.6 Å². The third-order valence-electron chi connectivity index (χ3n) is 6.04. The first-order chi connectivity index (χ1) is 15.2. The number of carbonyl (C=O) groups excluding carboxylic acids is 2. The van der Waals surface area contributed by atoms with Crippen molar-refractivity contribution in [3.05, 3.63) is 65.7 Å². The summed E-state index contributed by atoms with van der Waals surface area (Å²) in [6.45, 7) is 9.59. The summed E-state index contributed by atoms with van der Waals surface area (Å²) in [4.78, 5) is 27.0. The normalized spacial score (nSPS) is 15.8. The zero-order valence-corrected chi connectivity index (χ0v) is 19.8. The minimum atomic E-state index is -0.535. The van der Waals surface area contributed by atoms with Gasteiger partial charge < -0.3 is 15.0 Å². The Morgan fingerprint density at radius 1 is 1.03 bits per heavy atom. The summed E-state index contributed by atoms with van der Waals surface area (Å²) in [7, 11) is 0. The highest BCUT2D eigenvalue weighted by atomic mass is 16.5. The Bertz CT molecular complexity index is 879. The molecule has 0 aromatic heterocycles. The number of carbonyl (C=O) groups is 2. The van der Waals surface area contributed by atoms with Crippen molar-refractivity contribution in [3.63, 3.8) is 0 Å². The van der Waals surface area contributed by atoms with Crippen molar-refractivity contribution in [2.45, 2.75) is 70.9 Å². The average molecular weight is 437 g/mol. The van der Waals surface area contributed by atoms with Gasteiger partial charge in [0.05, 0.1) is 0 Å². The van der Waals surface area contributed by atoms with E-state index in [2.05, 4.69) is 38.2 Å². The van der Waals surface area contributed by atoms with Crippen molar-refractivity contribution in [2.75, 3.05) is 13.1 Å². The van der Waals surface area contributed by atoms with Crippen LogP contribution in [-0.2, 0) is 21.4 Å². The predicted molar refractivity (Wildman–Crippen MR) is 128 cm³/mol. The number of piperidine rings is 1. The zero-order valence-electron chi connectivity index (χ0n) is 19.8. The maximum atomic E-state index is 12.8. The van der Waals surface area contributed by atoms with Crippen LogP contribution in [0.3, 0.4) is 0 Å². The SMILES string of the molecule is CC(Oc1ccc(C(C)(C)C)cc1)C(=O)N1CCC(NC(=O)CCc2ccccc2)CC1. The molecule has 0 bridgehead atoms. The fourth-order valence-corrected chi connectivity index (χ4v) is 3.99. The zero-order chi connectivity index (χ0) is 23.1. The molecule has 0 saturated carbocycles. The maximum Gasteiger partial charge on any atom is 0.263 e. The number of nitrogens with zero attached hydrogens (tertiary/aromatic N) is 1. The highest BCUT2D eigenvalue weighted by molar-refractivity contribution is 5.81. The second-order valence-electron chi connectivity index (χ2n) is 9.69. The van der Waals surface area contributed by atoms with Crippen LogP contribution in [0.4, 0.5) is 0 Å². The van der Waals surface area contributed by atoms with Crippen molar-refractivity contribution in [1.29, 1.82) is 0 Å². The number of ether oxygens (including phenoxy) is 1. The molecule has 1 aliphatic rings. The van der Waals surface area contributed by atoms with Crippen LogP contribution in [0.15, 0.2) is 54.6 Å². The van der Waals surface area contributed by atoms with E-state index < -0.39 is 6.10 Å². The van der Waals surface area contributed by atoms with Crippen LogP contribution in [-0.4, -0.2) is 41.9 Å². The molecule has 0 aliphatic carbocycles. The first kappa shape index (κ1) is 23.8. The number of benzene rings is 2. The molecule has 0 radical (unpaired) electrons. The van der Waals surface area contributed by atoms with Crippen molar-refractivity contribution >= 4 is 11.8 Å². The lowest BCUT2D eigenvalue weighted by molar-refractivity contribution is -0.139. The molecule has 2 amide bonds. The first-order valence-electron chi connectivity index (χ1n) is 11.6. The van der Waals surface area contributed by atoms with Crippen LogP contribution in [0.5, 0.6) is 5.75 Å². The van der Waals surface area contributed by atoms with Gasteiger partial charge in [-0.3, -0.25) is 9.59 Å². The number of nitrogens with one attached hydrogen (secondary N) is 1. The molecule has 32 heavy (non-hydrogen) atoms. The monoisotopic (exact) mass is 436 g/mol. The molecule has 1 unspecified atom stereocenters. The Balaban J connectivity index is 1.41. The molecule has 1 aliphatic heterocycles. The van der Waals surface area contributed by atoms with Crippen LogP contribution in [0.25, 0.3) is 0 Å². The van der Waals surface area contributed by atoms with Crippen LogP contribution in [0.1, 0.15) is 58.1 Å². The lowest BCUT2D eigenvalue weighted by Crippen LogP contribution is -2.49. The number of rotatable bonds is 7. The molecule has 2 aromatic carbocycles. The lowest BCUT2D eigenvalue weighted by Gasteiger charge is -2.34. The Morgan fingerprint density at radius 2 is 1.66 bits per heavy atom. The summed E-state index contributed by atoms with van der Waals surface area (Å²) in [5.74, 6) is 0.784. The second-order valence-corrected chi connectivity index (χ2v) is 9.69. The van der Waals surface area contributed by atoms with Crippen LogP contribution in [0.2, 0.25) is 0 Å². The Hall–Kier alpha value is -2.82. The van der Waals surface area contributed by atoms with E-state index >= 15 is 0 Å². The average Bonchev–Trinajstić information content (AvgIpc) is 2.78. The van der Waals surface area contributed by atoms with Crippen molar-refractivity contribution in [1.82, 2.24) is 10.2 Å². The highest BCUT2D eigenvalue weighted by Gasteiger charge is 2.27. The lowest BCUT2D eigenvalue weighted by atomic mass is 9.87. The van der Waals surface area contributed by atoms with E-state index in [4.69, 9.17) is 4.74 Å². The summed E-state index contributed by atoms with van der Waals surface area (Å²) in [6.07, 6.45) is 2.25. The van der Waals surface area contributed by atoms with E-state index in [1.54, 1.807) is 6.92 Å².